The number of unbranched alkanes of at least 4 members (excludes halogenated alkanes) is 3. The van der Waals surface area contributed by atoms with Crippen LogP contribution in [0, 0.1) is 0 Å². The first-order valence-corrected chi connectivity index (χ1v) is 6.89. The van der Waals surface area contributed by atoms with E-state index in [0.29, 0.717) is 0 Å². The Kier molecular flexibility index (Phi) is 9.82. The van der Waals surface area contributed by atoms with Gasteiger partial charge in [-0.25, -0.2) is 0 Å². The van der Waals surface area contributed by atoms with Gasteiger partial charge >= 0.3 is 87.6 Å². The minimum atomic E-state index is 0.976. The van der Waals surface area contributed by atoms with E-state index in [1.165, 1.54) is 25.7 Å². The number of hydrogen-bond acceptors (Lipinski definition) is 0. The van der Waals surface area contributed by atoms with Crippen molar-refractivity contribution >= 4 is 55.5 Å². The quantitative estimate of drug-likeness (QED) is 0.568. The molecule has 0 bridgehead atoms. The molecule has 0 rings (SSSR count). The van der Waals surface area contributed by atoms with Crippen LogP contribution >= 0.6 is 0 Å². The number of rotatable bonds is 4. The van der Waals surface area contributed by atoms with Crippen LogP contribution in [0.5, 0.6) is 0 Å². The number of hydrogen-bond donors (Lipinski definition) is 0. The normalized spacial score (nSPS) is 9.57. The third-order valence-electron chi connectivity index (χ3n) is 1.21. The first-order valence-electron chi connectivity index (χ1n) is 3.41. The topological polar surface area (TPSA) is 0 Å². The molecule has 0 aromatic rings. The van der Waals surface area contributed by atoms with Crippen molar-refractivity contribution in [3.05, 3.63) is 0 Å². The molecule has 0 saturated heterocycles. The standard InChI is InChI=1S/C6H13.Rb/c1-3-5-6-4-2;/h1,3-6H2,2H3;. The summed E-state index contributed by atoms with van der Waals surface area (Å²) in [5.74, 6) is 0. The summed E-state index contributed by atoms with van der Waals surface area (Å²) in [6, 6.07) is 0. The van der Waals surface area contributed by atoms with Crippen LogP contribution in [0.1, 0.15) is 32.6 Å². The summed E-state index contributed by atoms with van der Waals surface area (Å²) in [6.45, 7) is 2.26. The predicted molar refractivity (Wildman–Crippen MR) is 34.7 cm³/mol. The third-order valence-corrected chi connectivity index (χ3v) is 2.95. The Balaban J connectivity index is 2.45. The Morgan fingerprint density at radius 3 is 2.29 bits per heavy atom. The van der Waals surface area contributed by atoms with Crippen molar-refractivity contribution < 1.29 is 0 Å². The van der Waals surface area contributed by atoms with E-state index in [0.717, 1.165) is 55.5 Å². The molecule has 0 N–H and O–H groups in total. The van der Waals surface area contributed by atoms with Gasteiger partial charge in [0.15, 0.2) is 0 Å². The van der Waals surface area contributed by atoms with Gasteiger partial charge in [-0.3, -0.25) is 0 Å². The zero-order valence-electron chi connectivity index (χ0n) is 5.54. The summed E-state index contributed by atoms with van der Waals surface area (Å²) in [5, 5.41) is 0. The van der Waals surface area contributed by atoms with Gasteiger partial charge in [-0.15, -0.1) is 0 Å². The molecule has 0 saturated carbocycles. The summed E-state index contributed by atoms with van der Waals surface area (Å²) >= 11 is 0.976. The molecule has 1 heteroatoms. The van der Waals surface area contributed by atoms with Crippen molar-refractivity contribution in [3.8, 4) is 0 Å². The first kappa shape index (κ1) is 8.81. The van der Waals surface area contributed by atoms with E-state index in [4.69, 9.17) is 0 Å². The Hall–Kier alpha value is 1.81. The molecule has 0 atom stereocenters. The minimum absolute atomic E-state index is 0.976. The van der Waals surface area contributed by atoms with Crippen LogP contribution in [0.2, 0.25) is -0.511 Å². The fraction of sp³-hybridized carbons (Fsp3) is 1.00. The zero-order chi connectivity index (χ0) is 5.54. The van der Waals surface area contributed by atoms with Crippen molar-refractivity contribution in [1.29, 1.82) is 0 Å². The molecule has 0 aliphatic carbocycles. The second kappa shape index (κ2) is 7.81. The SMILES string of the molecule is CCCCC[CH2][Rb]. The van der Waals surface area contributed by atoms with Gasteiger partial charge < -0.3 is 0 Å². The van der Waals surface area contributed by atoms with E-state index in [9.17, 15) is 0 Å². The fourth-order valence-electron chi connectivity index (χ4n) is 0.677. The van der Waals surface area contributed by atoms with Gasteiger partial charge in [0.25, 0.3) is 0 Å². The van der Waals surface area contributed by atoms with Crippen molar-refractivity contribution in [2.45, 2.75) is 32.1 Å². The van der Waals surface area contributed by atoms with E-state index >= 15 is 0 Å². The molecule has 0 aliphatic heterocycles. The van der Waals surface area contributed by atoms with E-state index in [1.807, 2.05) is 0 Å². The Morgan fingerprint density at radius 1 is 1.14 bits per heavy atom. The second-order valence-corrected chi connectivity index (χ2v) is 4.52. The maximum atomic E-state index is 2.26. The van der Waals surface area contributed by atoms with Crippen LogP contribution < -0.4 is 0 Å². The van der Waals surface area contributed by atoms with Crippen molar-refractivity contribution in [2.75, 3.05) is 0 Å². The second-order valence-electron chi connectivity index (χ2n) is 2.06. The van der Waals surface area contributed by atoms with E-state index < -0.39 is 0 Å². The predicted octanol–water partition coefficient (Wildman–Crippen LogP) is 2.15. The molecular formula is C6H13Rb. The Bertz CT molecular complexity index is 23.4. The van der Waals surface area contributed by atoms with Crippen LogP contribution in [0.4, 0.5) is 0 Å². The Morgan fingerprint density at radius 2 is 1.86 bits per heavy atom. The fourth-order valence-corrected chi connectivity index (χ4v) is 1.91. The molecule has 0 unspecified atom stereocenters. The zero-order valence-corrected chi connectivity index (χ0v) is 10.5. The summed E-state index contributed by atoms with van der Waals surface area (Å²) in [7, 11) is 0. The van der Waals surface area contributed by atoms with E-state index in [1.54, 1.807) is -0.511 Å². The van der Waals surface area contributed by atoms with Crippen LogP contribution in [0.3, 0.4) is 0 Å². The molecule has 0 spiro atoms. The summed E-state index contributed by atoms with van der Waals surface area (Å²) < 4.78 is 1.57. The molecule has 0 heterocycles. The summed E-state index contributed by atoms with van der Waals surface area (Å²) in [6.07, 6.45) is 5.85. The molecule has 7 heavy (non-hydrogen) atoms. The van der Waals surface area contributed by atoms with Gasteiger partial charge in [0, 0.05) is 0 Å². The van der Waals surface area contributed by atoms with Crippen LogP contribution in [0.25, 0.3) is 0 Å². The molecule has 0 aromatic heterocycles. The Labute approximate surface area is 85.8 Å². The van der Waals surface area contributed by atoms with E-state index in [2.05, 4.69) is 6.92 Å². The van der Waals surface area contributed by atoms with Gasteiger partial charge in [-0.05, 0) is 0 Å². The van der Waals surface area contributed by atoms with Crippen molar-refractivity contribution in [3.63, 3.8) is 0 Å². The van der Waals surface area contributed by atoms with Crippen molar-refractivity contribution in [2.24, 2.45) is 0 Å². The molecule has 0 amide bonds. The molecule has 0 radical (unpaired) electrons. The van der Waals surface area contributed by atoms with Crippen LogP contribution in [-0.4, -0.2) is 55.5 Å². The first-order chi connectivity index (χ1) is 3.41. The summed E-state index contributed by atoms with van der Waals surface area (Å²) in [5.41, 5.74) is 0. The van der Waals surface area contributed by atoms with Crippen LogP contribution in [0.15, 0.2) is 0 Å². The third kappa shape index (κ3) is 7.81. The molecule has 0 aromatic carbocycles. The molecular weight excluding hydrogens is 158 g/mol. The van der Waals surface area contributed by atoms with Crippen LogP contribution in [-0.2, 0) is 0 Å². The monoisotopic (exact) mass is 170 g/mol. The molecule has 0 fully saturated rings. The average Bonchev–Trinajstić information content (AvgIpc) is 1.69. The summed E-state index contributed by atoms with van der Waals surface area (Å²) in [4.78, 5) is 0. The van der Waals surface area contributed by atoms with Gasteiger partial charge in [-0.2, -0.15) is 0 Å². The van der Waals surface area contributed by atoms with Gasteiger partial charge in [0.1, 0.15) is 0 Å². The van der Waals surface area contributed by atoms with Gasteiger partial charge in [-0.1, -0.05) is 0 Å². The maximum absolute atomic E-state index is 2.26. The average molecular weight is 171 g/mol. The molecule has 38 valence electrons. The van der Waals surface area contributed by atoms with Crippen molar-refractivity contribution in [1.82, 2.24) is 0 Å². The van der Waals surface area contributed by atoms with Gasteiger partial charge in [0.05, 0.1) is 0 Å². The molecule has 0 nitrogen and oxygen atoms in total. The van der Waals surface area contributed by atoms with E-state index in [-0.39, 0.29) is 0 Å². The van der Waals surface area contributed by atoms with Gasteiger partial charge in [0.2, 0.25) is 0 Å². The molecule has 0 aliphatic rings.